The van der Waals surface area contributed by atoms with Crippen molar-refractivity contribution in [3.8, 4) is 0 Å². The van der Waals surface area contributed by atoms with E-state index in [0.717, 1.165) is 0 Å². The Morgan fingerprint density at radius 2 is 2.14 bits per heavy atom. The van der Waals surface area contributed by atoms with Crippen LogP contribution in [0.25, 0.3) is 11.2 Å². The van der Waals surface area contributed by atoms with Gasteiger partial charge in [0.05, 0.1) is 0 Å². The number of anilines is 1. The molecule has 4 N–H and O–H groups in total. The molecule has 4 heterocycles. The van der Waals surface area contributed by atoms with Crippen molar-refractivity contribution in [1.82, 2.24) is 24.8 Å². The summed E-state index contributed by atoms with van der Waals surface area (Å²) in [5.41, 5.74) is 0.305. The van der Waals surface area contributed by atoms with Gasteiger partial charge in [-0.3, -0.25) is 0 Å². The number of ether oxygens (including phenoxy) is 1. The summed E-state index contributed by atoms with van der Waals surface area (Å²) in [6, 6.07) is -0.423. The van der Waals surface area contributed by atoms with Gasteiger partial charge >= 0.3 is 146 Å². The van der Waals surface area contributed by atoms with Crippen LogP contribution in [0.3, 0.4) is 0 Å². The summed E-state index contributed by atoms with van der Waals surface area (Å²) in [4.78, 5) is 34.9. The number of hydrogen-bond donors (Lipinski definition) is 4. The molecule has 0 saturated carbocycles. The van der Waals surface area contributed by atoms with Gasteiger partial charge in [0, 0.05) is 0 Å². The van der Waals surface area contributed by atoms with E-state index in [4.69, 9.17) is 13.8 Å². The zero-order chi connectivity index (χ0) is 21.0. The van der Waals surface area contributed by atoms with Crippen LogP contribution < -0.4 is 10.6 Å². The topological polar surface area (TPSA) is 153 Å². The molecular formula is C15H24BN6O6P. The number of aromatic nitrogens is 4. The van der Waals surface area contributed by atoms with Gasteiger partial charge in [-0.25, -0.2) is 0 Å². The van der Waals surface area contributed by atoms with Gasteiger partial charge in [0.2, 0.25) is 0 Å². The monoisotopic (exact) mass is 426 g/mol. The second kappa shape index (κ2) is 7.12. The SMILES string of the molecule is B[PH]1(O)OC[C@H]2O[C@@H](n3cnc4c(NC(=O)NC(C)(C)C)ncnc43)C(O)[C@H]2O1. The first-order valence-corrected chi connectivity index (χ1v) is 11.4. The van der Waals surface area contributed by atoms with E-state index in [1.165, 1.54) is 20.2 Å². The quantitative estimate of drug-likeness (QED) is 0.366. The van der Waals surface area contributed by atoms with Crippen LogP contribution in [0.1, 0.15) is 27.0 Å². The predicted molar refractivity (Wildman–Crippen MR) is 107 cm³/mol. The van der Waals surface area contributed by atoms with Crippen LogP contribution in [0.2, 0.25) is 0 Å². The molecule has 2 aliphatic heterocycles. The Morgan fingerprint density at radius 3 is 2.86 bits per heavy atom. The van der Waals surface area contributed by atoms with Gasteiger partial charge < -0.3 is 0 Å². The number of imidazole rings is 1. The zero-order valence-electron chi connectivity index (χ0n) is 16.5. The van der Waals surface area contributed by atoms with Crippen molar-refractivity contribution in [2.45, 2.75) is 50.8 Å². The van der Waals surface area contributed by atoms with Crippen LogP contribution in [-0.2, 0) is 13.8 Å². The van der Waals surface area contributed by atoms with Gasteiger partial charge in [-0.2, -0.15) is 0 Å². The molecule has 0 aromatic carbocycles. The molecule has 2 saturated heterocycles. The van der Waals surface area contributed by atoms with E-state index in [1.807, 2.05) is 20.8 Å². The minimum absolute atomic E-state index is 0.124. The molecule has 0 radical (unpaired) electrons. The zero-order valence-corrected chi connectivity index (χ0v) is 17.5. The average molecular weight is 426 g/mol. The number of carbonyl (C=O) groups excluding carboxylic acids is 1. The molecule has 14 heteroatoms. The number of rotatable bonds is 2. The van der Waals surface area contributed by atoms with Crippen molar-refractivity contribution in [3.63, 3.8) is 0 Å². The number of nitrogens with zero attached hydrogens (tertiary/aromatic N) is 4. The van der Waals surface area contributed by atoms with Crippen LogP contribution in [0.5, 0.6) is 0 Å². The van der Waals surface area contributed by atoms with Gasteiger partial charge in [0.15, 0.2) is 0 Å². The third-order valence-corrected chi connectivity index (χ3v) is 5.94. The number of urea groups is 1. The number of amides is 2. The molecule has 2 aromatic rings. The number of carbonyl (C=O) groups is 1. The van der Waals surface area contributed by atoms with Crippen molar-refractivity contribution in [1.29, 1.82) is 0 Å². The Hall–Kier alpha value is -1.89. The fourth-order valence-corrected chi connectivity index (χ4v) is 4.70. The summed E-state index contributed by atoms with van der Waals surface area (Å²) in [6.45, 7) is 5.71. The van der Waals surface area contributed by atoms with Crippen molar-refractivity contribution >= 4 is 38.4 Å². The van der Waals surface area contributed by atoms with Gasteiger partial charge in [-0.15, -0.1) is 0 Å². The maximum absolute atomic E-state index is 12.2. The van der Waals surface area contributed by atoms with E-state index in [1.54, 1.807) is 4.57 Å². The number of aliphatic hydroxyl groups is 1. The third kappa shape index (κ3) is 4.07. The van der Waals surface area contributed by atoms with E-state index in [2.05, 4.69) is 25.6 Å². The Morgan fingerprint density at radius 1 is 1.38 bits per heavy atom. The van der Waals surface area contributed by atoms with Gasteiger partial charge in [0.1, 0.15) is 0 Å². The number of hydrogen-bond acceptors (Lipinski definition) is 9. The van der Waals surface area contributed by atoms with Crippen LogP contribution in [-0.4, -0.2) is 73.6 Å². The first-order chi connectivity index (χ1) is 13.5. The summed E-state index contributed by atoms with van der Waals surface area (Å²) in [5.74, 6) is 0.232. The molecule has 2 fully saturated rings. The summed E-state index contributed by atoms with van der Waals surface area (Å²) in [6.07, 6.45) is -0.405. The first-order valence-electron chi connectivity index (χ1n) is 9.18. The minimum atomic E-state index is -3.28. The summed E-state index contributed by atoms with van der Waals surface area (Å²) in [5, 5.41) is 16.2. The van der Waals surface area contributed by atoms with Crippen molar-refractivity contribution in [3.05, 3.63) is 12.7 Å². The van der Waals surface area contributed by atoms with Crippen LogP contribution in [0.4, 0.5) is 10.6 Å². The van der Waals surface area contributed by atoms with E-state index in [-0.39, 0.29) is 12.4 Å². The molecule has 0 aliphatic carbocycles. The van der Waals surface area contributed by atoms with Crippen molar-refractivity contribution in [2.24, 2.45) is 0 Å². The molecule has 1 unspecified atom stereocenters. The fraction of sp³-hybridized carbons (Fsp3) is 0.600. The molecule has 12 nitrogen and oxygen atoms in total. The average Bonchev–Trinajstić information content (AvgIpc) is 3.15. The molecule has 4 rings (SSSR count). The standard InChI is InChI=1S/C15H24BN6O6P/c1-15(2,3)21-14(24)20-11-8-12(18-5-17-11)22(6-19-8)13-9(23)10-7(27-13)4-26-29(16,25)28-10/h5-7,9-10,13,23,25,29H,4,16H2,1-3H3,(H2,17,18,20,21,24)/t7-,9?,10+,13-/m1/s1. The summed E-state index contributed by atoms with van der Waals surface area (Å²) >= 11 is 0. The molecule has 4 atom stereocenters. The second-order valence-corrected chi connectivity index (χ2v) is 10.5. The van der Waals surface area contributed by atoms with Gasteiger partial charge in [0.25, 0.3) is 0 Å². The maximum atomic E-state index is 12.2. The summed E-state index contributed by atoms with van der Waals surface area (Å²) < 4.78 is 18.3. The third-order valence-electron chi connectivity index (χ3n) is 4.53. The normalized spacial score (nSPS) is 30.0. The van der Waals surface area contributed by atoms with Crippen LogP contribution >= 0.6 is 7.82 Å². The second-order valence-electron chi connectivity index (χ2n) is 8.22. The fourth-order valence-electron chi connectivity index (χ4n) is 3.36. The van der Waals surface area contributed by atoms with Crippen molar-refractivity contribution < 1.29 is 28.6 Å². The number of aliphatic hydroxyl groups excluding tert-OH is 1. The molecule has 2 aromatic heterocycles. The summed E-state index contributed by atoms with van der Waals surface area (Å²) in [7, 11) is -1.79. The van der Waals surface area contributed by atoms with E-state index < -0.39 is 43.9 Å². The predicted octanol–water partition coefficient (Wildman–Crippen LogP) is -0.545. The van der Waals surface area contributed by atoms with E-state index >= 15 is 0 Å². The Kier molecular flexibility index (Phi) is 5.00. The first kappa shape index (κ1) is 20.4. The van der Waals surface area contributed by atoms with Gasteiger partial charge in [-0.1, -0.05) is 0 Å². The van der Waals surface area contributed by atoms with E-state index in [9.17, 15) is 14.8 Å². The van der Waals surface area contributed by atoms with Crippen LogP contribution in [0.15, 0.2) is 12.7 Å². The molecule has 0 spiro atoms. The molecule has 29 heavy (non-hydrogen) atoms. The number of fused-ring (bicyclic) bond motifs is 2. The Bertz CT molecular complexity index is 936. The Labute approximate surface area is 167 Å². The van der Waals surface area contributed by atoms with Crippen LogP contribution in [0, 0.1) is 0 Å². The molecule has 2 aliphatic rings. The molecular weight excluding hydrogens is 402 g/mol. The van der Waals surface area contributed by atoms with Crippen molar-refractivity contribution in [2.75, 3.05) is 11.9 Å². The molecule has 0 bridgehead atoms. The molecule has 158 valence electrons. The molecule has 2 amide bonds. The van der Waals surface area contributed by atoms with Gasteiger partial charge in [-0.05, 0) is 20.8 Å². The number of nitrogens with one attached hydrogen (secondary N) is 2. The Balaban J connectivity index is 1.59. The van der Waals surface area contributed by atoms with E-state index in [0.29, 0.717) is 11.2 Å².